The Morgan fingerprint density at radius 3 is 0.288 bits per heavy atom. The standard InChI is InChI=1S/6C6H6.C3H6O.C2H6O2S.C2H6O.7C2H6.4CH4/c6*1-2-4-6-5-3-1;1-3(2)4;1-5(2,3)4;1-3-2;7*1-2;;;;/h6*1-6H;1-2H3;1-2H3;1-2H3;7*1-2H3;4*1H4. The summed E-state index contributed by atoms with van der Waals surface area (Å²) in [7, 11) is 0.583. The van der Waals surface area contributed by atoms with E-state index < -0.39 is 9.84 Å². The molecule has 6 aromatic rings. The fraction of sp³-hybridized carbons (Fsp3) is 0.393. The number of benzene rings is 6. The minimum atomic E-state index is -2.67. The van der Waals surface area contributed by atoms with Crippen LogP contribution in [-0.2, 0) is 19.4 Å². The number of ether oxygens (including phenoxy) is 1. The molecule has 0 N–H and O–H groups in total. The molecule has 0 heterocycles. The Morgan fingerprint density at radius 1 is 0.258 bits per heavy atom. The highest BCUT2D eigenvalue weighted by molar-refractivity contribution is 7.89. The molecule has 0 saturated carbocycles. The highest BCUT2D eigenvalue weighted by atomic mass is 32.2. The van der Waals surface area contributed by atoms with Crippen molar-refractivity contribution >= 4 is 15.6 Å². The van der Waals surface area contributed by atoms with Gasteiger partial charge < -0.3 is 9.53 Å². The molecule has 0 saturated heterocycles. The lowest BCUT2D eigenvalue weighted by atomic mass is 10.4. The van der Waals surface area contributed by atoms with Crippen molar-refractivity contribution in [3.05, 3.63) is 218 Å². The second kappa shape index (κ2) is 124. The number of carbonyl (C=O) groups is 1. The predicted molar refractivity (Wildman–Crippen MR) is 315 cm³/mol. The van der Waals surface area contributed by atoms with Crippen molar-refractivity contribution in [2.24, 2.45) is 0 Å². The third kappa shape index (κ3) is 207. The van der Waals surface area contributed by atoms with Crippen LogP contribution in [0.4, 0.5) is 0 Å². The zero-order valence-electron chi connectivity index (χ0n) is 43.3. The van der Waals surface area contributed by atoms with Gasteiger partial charge in [0.25, 0.3) is 0 Å². The summed E-state index contributed by atoms with van der Waals surface area (Å²) in [6.07, 6.45) is 2.32. The van der Waals surface area contributed by atoms with Gasteiger partial charge >= 0.3 is 0 Å². The summed E-state index contributed by atoms with van der Waals surface area (Å²) >= 11 is 0. The van der Waals surface area contributed by atoms with Crippen LogP contribution in [0.2, 0.25) is 0 Å². The molecule has 0 aliphatic heterocycles. The van der Waals surface area contributed by atoms with Crippen LogP contribution in [0.15, 0.2) is 218 Å². The van der Waals surface area contributed by atoms with Gasteiger partial charge in [-0.1, -0.05) is 345 Å². The fourth-order valence-electron chi connectivity index (χ4n) is 2.31. The van der Waals surface area contributed by atoms with Crippen LogP contribution in [0.3, 0.4) is 0 Å². The molecule has 0 bridgehead atoms. The zero-order valence-corrected chi connectivity index (χ0v) is 44.1. The van der Waals surface area contributed by atoms with Gasteiger partial charge in [-0.05, 0) is 13.8 Å². The largest absolute Gasteiger partial charge is 0.388 e. The second-order valence-electron chi connectivity index (χ2n) is 9.39. The topological polar surface area (TPSA) is 60.4 Å². The van der Waals surface area contributed by atoms with E-state index in [1.165, 1.54) is 13.8 Å². The summed E-state index contributed by atoms with van der Waals surface area (Å²) in [6.45, 7) is 31.1. The molecule has 0 aromatic heterocycles. The molecule has 0 unspecified atom stereocenters. The number of carbonyl (C=O) groups excluding carboxylic acids is 1. The number of Topliss-reactive ketones (excluding diaryl/α,β-unsaturated/α-hetero) is 1. The second-order valence-corrected chi connectivity index (χ2v) is 11.7. The van der Waals surface area contributed by atoms with E-state index in [0.29, 0.717) is 0 Å². The van der Waals surface area contributed by atoms with Crippen molar-refractivity contribution in [3.63, 3.8) is 0 Å². The van der Waals surface area contributed by atoms with Crippen LogP contribution < -0.4 is 0 Å². The first kappa shape index (κ1) is 99.3. The first-order chi connectivity index (χ1) is 30.1. The van der Waals surface area contributed by atoms with Gasteiger partial charge in [0.15, 0.2) is 0 Å². The van der Waals surface area contributed by atoms with Gasteiger partial charge in [-0.15, -0.1) is 0 Å². The third-order valence-corrected chi connectivity index (χ3v) is 4.00. The monoisotopic (exact) mass is 941 g/mol. The van der Waals surface area contributed by atoms with E-state index in [-0.39, 0.29) is 35.5 Å². The smallest absolute Gasteiger partial charge is 0.144 e. The van der Waals surface area contributed by atoms with Crippen LogP contribution in [0.25, 0.3) is 0 Å². The van der Waals surface area contributed by atoms with Crippen LogP contribution in [-0.4, -0.2) is 40.9 Å². The molecule has 0 atom stereocenters. The maximum absolute atomic E-state index is 9.63. The summed E-state index contributed by atoms with van der Waals surface area (Å²) in [4.78, 5) is 9.44. The Balaban J connectivity index is -0.0000000371. The summed E-state index contributed by atoms with van der Waals surface area (Å²) in [5.74, 6) is 0.167. The highest BCUT2D eigenvalue weighted by Crippen LogP contribution is 1.83. The number of methoxy groups -OCH3 is 1. The van der Waals surface area contributed by atoms with Crippen LogP contribution in [0, 0.1) is 0 Å². The molecule has 0 amide bonds. The maximum atomic E-state index is 9.63. The van der Waals surface area contributed by atoms with E-state index in [1.54, 1.807) is 14.2 Å². The highest BCUT2D eigenvalue weighted by Gasteiger charge is 1.79. The number of hydrogen-bond acceptors (Lipinski definition) is 4. The maximum Gasteiger partial charge on any atom is 0.144 e. The molecule has 66 heavy (non-hydrogen) atoms. The number of sulfone groups is 1. The van der Waals surface area contributed by atoms with Gasteiger partial charge in [0.2, 0.25) is 0 Å². The van der Waals surface area contributed by atoms with E-state index in [0.717, 1.165) is 12.5 Å². The molecule has 0 fully saturated rings. The van der Waals surface area contributed by atoms with Gasteiger partial charge in [0.1, 0.15) is 15.6 Å². The fourth-order valence-corrected chi connectivity index (χ4v) is 2.31. The van der Waals surface area contributed by atoms with Crippen molar-refractivity contribution in [1.29, 1.82) is 0 Å². The quantitative estimate of drug-likeness (QED) is 0.152. The molecular weight excluding hydrogens is 829 g/mol. The van der Waals surface area contributed by atoms with E-state index in [1.807, 2.05) is 315 Å². The van der Waals surface area contributed by atoms with Gasteiger partial charge in [-0.3, -0.25) is 0 Å². The first-order valence-corrected chi connectivity index (χ1v) is 24.5. The lowest BCUT2D eigenvalue weighted by Gasteiger charge is -1.69. The first-order valence-electron chi connectivity index (χ1n) is 22.2. The molecular formula is C61H112O4S. The van der Waals surface area contributed by atoms with E-state index in [9.17, 15) is 13.2 Å². The molecule has 0 spiro atoms. The Hall–Kier alpha value is -5.10. The summed E-state index contributed by atoms with van der Waals surface area (Å²) in [5.41, 5.74) is 0. The normalized spacial score (nSPS) is 6.55. The number of ketones is 1. The number of rotatable bonds is 0. The van der Waals surface area contributed by atoms with Crippen molar-refractivity contribution in [3.8, 4) is 0 Å². The molecule has 386 valence electrons. The lowest BCUT2D eigenvalue weighted by Crippen LogP contribution is -1.86. The zero-order chi connectivity index (χ0) is 50.2. The molecule has 6 rings (SSSR count). The molecule has 0 radical (unpaired) electrons. The summed E-state index contributed by atoms with van der Waals surface area (Å²) < 4.78 is 23.5. The van der Waals surface area contributed by atoms with Crippen molar-refractivity contribution < 1.29 is 17.9 Å². The SMILES string of the molecule is C.C.C.C.CC.CC.CC.CC.CC.CC.CC.CC(C)=O.COC.CS(C)(=O)=O.c1ccccc1.c1ccccc1.c1ccccc1.c1ccccc1.c1ccccc1.c1ccccc1. The van der Waals surface area contributed by atoms with Gasteiger partial charge in [0, 0.05) is 26.7 Å². The van der Waals surface area contributed by atoms with Crippen molar-refractivity contribution in [1.82, 2.24) is 0 Å². The van der Waals surface area contributed by atoms with Crippen molar-refractivity contribution in [2.75, 3.05) is 26.7 Å². The lowest BCUT2D eigenvalue weighted by molar-refractivity contribution is -0.115. The molecule has 0 aliphatic carbocycles. The van der Waals surface area contributed by atoms with Crippen LogP contribution >= 0.6 is 0 Å². The Labute approximate surface area is 417 Å². The van der Waals surface area contributed by atoms with Gasteiger partial charge in [0.05, 0.1) is 0 Å². The van der Waals surface area contributed by atoms with E-state index in [2.05, 4.69) is 4.74 Å². The predicted octanol–water partition coefficient (Wildman–Crippen LogP) is 20.4. The minimum absolute atomic E-state index is 0. The Bertz CT molecular complexity index is 1020. The average molecular weight is 942 g/mol. The number of hydrogen-bond donors (Lipinski definition) is 0. The van der Waals surface area contributed by atoms with Crippen molar-refractivity contribution in [2.45, 2.75) is 140 Å². The van der Waals surface area contributed by atoms with Crippen LogP contribution in [0.1, 0.15) is 140 Å². The molecule has 5 heteroatoms. The van der Waals surface area contributed by atoms with Crippen LogP contribution in [0.5, 0.6) is 0 Å². The van der Waals surface area contributed by atoms with E-state index >= 15 is 0 Å². The van der Waals surface area contributed by atoms with Gasteiger partial charge in [-0.2, -0.15) is 0 Å². The molecule has 0 aliphatic rings. The Morgan fingerprint density at radius 2 is 0.273 bits per heavy atom. The summed E-state index contributed by atoms with van der Waals surface area (Å²) in [5, 5.41) is 0. The minimum Gasteiger partial charge on any atom is -0.388 e. The molecule has 4 nitrogen and oxygen atoms in total. The van der Waals surface area contributed by atoms with Gasteiger partial charge in [-0.25, -0.2) is 8.42 Å². The third-order valence-electron chi connectivity index (χ3n) is 4.00. The van der Waals surface area contributed by atoms with E-state index in [4.69, 9.17) is 0 Å². The Kier molecular flexibility index (Phi) is 187. The average Bonchev–Trinajstić information content (AvgIpc) is 3.37. The summed E-state index contributed by atoms with van der Waals surface area (Å²) in [6, 6.07) is 72.0. The molecule has 6 aromatic carbocycles.